The number of primary sulfonamides is 1. The summed E-state index contributed by atoms with van der Waals surface area (Å²) in [5, 5.41) is 5.59. The number of halogens is 1. The number of benzene rings is 1. The van der Waals surface area contributed by atoms with Gasteiger partial charge < -0.3 is 9.64 Å². The molecule has 21 heavy (non-hydrogen) atoms. The smallest absolute Gasteiger partial charge is 0.227 e. The number of sulfonamides is 1. The first-order chi connectivity index (χ1) is 9.71. The lowest BCUT2D eigenvalue weighted by molar-refractivity contribution is -0.117. The fourth-order valence-electron chi connectivity index (χ4n) is 2.48. The Hall–Kier alpha value is -1.31. The molecule has 0 saturated carbocycles. The van der Waals surface area contributed by atoms with Gasteiger partial charge >= 0.3 is 0 Å². The predicted octanol–water partition coefficient (Wildman–Crippen LogP) is 1.30. The number of hydrogen-bond donors (Lipinski definition) is 1. The number of anilines is 1. The van der Waals surface area contributed by atoms with Gasteiger partial charge in [-0.25, -0.2) is 13.6 Å². The molecule has 1 fully saturated rings. The Balaban J connectivity index is 2.31. The summed E-state index contributed by atoms with van der Waals surface area (Å²) in [6, 6.07) is 3.41. The summed E-state index contributed by atoms with van der Waals surface area (Å²) in [6.07, 6.45) is 0.154. The first-order valence-corrected chi connectivity index (χ1v) is 8.45. The van der Waals surface area contributed by atoms with Crippen LogP contribution in [-0.2, 0) is 14.8 Å². The summed E-state index contributed by atoms with van der Waals surface area (Å²) in [5.74, 6) is -0.184. The van der Waals surface area contributed by atoms with Crippen LogP contribution >= 0.6 is 11.6 Å². The maximum atomic E-state index is 12.1. The second-order valence-electron chi connectivity index (χ2n) is 5.18. The molecule has 0 aromatic heterocycles. The molecule has 1 atom stereocenters. The Morgan fingerprint density at radius 3 is 2.71 bits per heavy atom. The maximum Gasteiger partial charge on any atom is 0.227 e. The van der Waals surface area contributed by atoms with E-state index in [-0.39, 0.29) is 24.0 Å². The van der Waals surface area contributed by atoms with E-state index >= 15 is 0 Å². The van der Waals surface area contributed by atoms with Crippen LogP contribution in [0.25, 0.3) is 0 Å². The highest BCUT2D eigenvalue weighted by Gasteiger charge is 2.34. The number of carbonyl (C=O) groups is 1. The molecule has 1 unspecified atom stereocenters. The van der Waals surface area contributed by atoms with Crippen LogP contribution in [0.4, 0.5) is 5.69 Å². The zero-order valence-electron chi connectivity index (χ0n) is 11.8. The lowest BCUT2D eigenvalue weighted by Crippen LogP contribution is -2.27. The maximum absolute atomic E-state index is 12.1. The van der Waals surface area contributed by atoms with Gasteiger partial charge in [0.15, 0.2) is 0 Å². The average molecular weight is 333 g/mol. The zero-order valence-corrected chi connectivity index (χ0v) is 13.4. The van der Waals surface area contributed by atoms with Gasteiger partial charge in [-0.05, 0) is 18.6 Å². The van der Waals surface area contributed by atoms with Gasteiger partial charge in [-0.1, -0.05) is 11.6 Å². The molecule has 1 amide bonds. The molecule has 2 rings (SSSR count). The van der Waals surface area contributed by atoms with Crippen molar-refractivity contribution in [3.8, 4) is 5.75 Å². The van der Waals surface area contributed by atoms with Gasteiger partial charge in [-0.15, -0.1) is 0 Å². The number of nitrogens with two attached hydrogens (primary N) is 1. The monoisotopic (exact) mass is 332 g/mol. The molecular weight excluding hydrogens is 316 g/mol. The van der Waals surface area contributed by atoms with E-state index in [0.717, 1.165) is 5.56 Å². The zero-order chi connectivity index (χ0) is 15.8. The predicted molar refractivity (Wildman–Crippen MR) is 81.2 cm³/mol. The molecule has 1 saturated heterocycles. The van der Waals surface area contributed by atoms with Gasteiger partial charge in [0.25, 0.3) is 0 Å². The fourth-order valence-corrected chi connectivity index (χ4v) is 3.51. The minimum Gasteiger partial charge on any atom is -0.495 e. The van der Waals surface area contributed by atoms with Crippen LogP contribution in [-0.4, -0.2) is 33.7 Å². The Kier molecular flexibility index (Phi) is 4.46. The Bertz CT molecular complexity index is 675. The lowest BCUT2D eigenvalue weighted by Gasteiger charge is -2.20. The Labute approximate surface area is 128 Å². The van der Waals surface area contributed by atoms with E-state index in [1.54, 1.807) is 12.1 Å². The van der Waals surface area contributed by atoms with Crippen LogP contribution in [0.15, 0.2) is 12.1 Å². The molecule has 2 N–H and O–H groups in total. The van der Waals surface area contributed by atoms with Crippen LogP contribution in [0.1, 0.15) is 12.0 Å². The highest BCUT2D eigenvalue weighted by Crippen LogP contribution is 2.37. The quantitative estimate of drug-likeness (QED) is 0.899. The number of nitrogens with zero attached hydrogens (tertiary/aromatic N) is 1. The molecule has 0 spiro atoms. The van der Waals surface area contributed by atoms with Crippen molar-refractivity contribution in [2.45, 2.75) is 13.3 Å². The summed E-state index contributed by atoms with van der Waals surface area (Å²) >= 11 is 6.04. The van der Waals surface area contributed by atoms with Crippen LogP contribution in [0, 0.1) is 12.8 Å². The molecule has 8 heteroatoms. The van der Waals surface area contributed by atoms with Crippen molar-refractivity contribution in [1.29, 1.82) is 0 Å². The van der Waals surface area contributed by atoms with Crippen molar-refractivity contribution in [2.75, 3.05) is 24.3 Å². The summed E-state index contributed by atoms with van der Waals surface area (Å²) in [7, 11) is -2.11. The van der Waals surface area contributed by atoms with Gasteiger partial charge in [0, 0.05) is 30.0 Å². The molecule has 1 aliphatic rings. The number of methoxy groups -OCH3 is 1. The van der Waals surface area contributed by atoms with E-state index in [1.807, 2.05) is 6.92 Å². The highest BCUT2D eigenvalue weighted by molar-refractivity contribution is 7.89. The van der Waals surface area contributed by atoms with Crippen molar-refractivity contribution >= 4 is 33.2 Å². The molecule has 116 valence electrons. The van der Waals surface area contributed by atoms with Gasteiger partial charge in [-0.2, -0.15) is 0 Å². The molecule has 1 aromatic carbocycles. The molecule has 1 aromatic rings. The Morgan fingerprint density at radius 1 is 1.48 bits per heavy atom. The van der Waals surface area contributed by atoms with Crippen molar-refractivity contribution in [1.82, 2.24) is 0 Å². The van der Waals surface area contributed by atoms with Crippen LogP contribution in [0.2, 0.25) is 5.02 Å². The normalized spacial score (nSPS) is 19.1. The first kappa shape index (κ1) is 16.1. The van der Waals surface area contributed by atoms with Crippen molar-refractivity contribution in [2.24, 2.45) is 11.1 Å². The second kappa shape index (κ2) is 5.82. The average Bonchev–Trinajstić information content (AvgIpc) is 2.70. The number of aryl methyl sites for hydroxylation is 1. The molecule has 0 bridgehead atoms. The van der Waals surface area contributed by atoms with Gasteiger partial charge in [-0.3, -0.25) is 4.79 Å². The molecule has 1 heterocycles. The van der Waals surface area contributed by atoms with Crippen LogP contribution in [0.3, 0.4) is 0 Å². The van der Waals surface area contributed by atoms with E-state index < -0.39 is 10.0 Å². The standard InChI is InChI=1S/C13H17ClN2O4S/c1-8-3-11(12(20-2)5-10(8)14)16-6-9(4-13(16)17)7-21(15,18)19/h3,5,9H,4,6-7H2,1-2H3,(H2,15,18,19). The van der Waals surface area contributed by atoms with Crippen molar-refractivity contribution < 1.29 is 17.9 Å². The summed E-state index contributed by atoms with van der Waals surface area (Å²) in [6.45, 7) is 2.13. The molecule has 0 aliphatic carbocycles. The number of ether oxygens (including phenoxy) is 1. The number of amides is 1. The van der Waals surface area contributed by atoms with E-state index in [4.69, 9.17) is 21.5 Å². The third-order valence-corrected chi connectivity index (χ3v) is 4.77. The molecule has 0 radical (unpaired) electrons. The summed E-state index contributed by atoms with van der Waals surface area (Å²) < 4.78 is 27.6. The molecule has 6 nitrogen and oxygen atoms in total. The van der Waals surface area contributed by atoms with Gasteiger partial charge in [0.2, 0.25) is 15.9 Å². The summed E-state index contributed by atoms with van der Waals surface area (Å²) in [4.78, 5) is 13.7. The van der Waals surface area contributed by atoms with E-state index in [9.17, 15) is 13.2 Å². The van der Waals surface area contributed by atoms with Crippen molar-refractivity contribution in [3.05, 3.63) is 22.7 Å². The summed E-state index contributed by atoms with van der Waals surface area (Å²) in [5.41, 5.74) is 1.41. The number of hydrogen-bond acceptors (Lipinski definition) is 4. The third-order valence-electron chi connectivity index (χ3n) is 3.42. The van der Waals surface area contributed by atoms with Crippen LogP contribution < -0.4 is 14.8 Å². The minimum absolute atomic E-state index is 0.149. The minimum atomic E-state index is -3.60. The second-order valence-corrected chi connectivity index (χ2v) is 7.24. The largest absolute Gasteiger partial charge is 0.495 e. The first-order valence-electron chi connectivity index (χ1n) is 6.36. The van der Waals surface area contributed by atoms with Crippen LogP contribution in [0.5, 0.6) is 5.75 Å². The Morgan fingerprint density at radius 2 is 2.14 bits per heavy atom. The topological polar surface area (TPSA) is 89.7 Å². The molecular formula is C13H17ClN2O4S. The number of rotatable bonds is 4. The van der Waals surface area contributed by atoms with Gasteiger partial charge in [0.05, 0.1) is 18.6 Å². The van der Waals surface area contributed by atoms with E-state index in [0.29, 0.717) is 23.0 Å². The highest BCUT2D eigenvalue weighted by atomic mass is 35.5. The molecule has 1 aliphatic heterocycles. The van der Waals surface area contributed by atoms with E-state index in [2.05, 4.69) is 0 Å². The SMILES string of the molecule is COc1cc(Cl)c(C)cc1N1CC(CS(N)(=O)=O)CC1=O. The number of carbonyl (C=O) groups excluding carboxylic acids is 1. The van der Waals surface area contributed by atoms with Crippen molar-refractivity contribution in [3.63, 3.8) is 0 Å². The fraction of sp³-hybridized carbons (Fsp3) is 0.462. The third kappa shape index (κ3) is 3.66. The van der Waals surface area contributed by atoms with Gasteiger partial charge in [0.1, 0.15) is 5.75 Å². The lowest BCUT2D eigenvalue weighted by atomic mass is 10.1. The van der Waals surface area contributed by atoms with E-state index in [1.165, 1.54) is 12.0 Å².